The Morgan fingerprint density at radius 2 is 1.65 bits per heavy atom. The molecule has 63 heavy (non-hydrogen) atoms. The molecule has 2 aromatic heterocycles. The number of hydrogen-bond donors (Lipinski definition) is 5. The van der Waals surface area contributed by atoms with Gasteiger partial charge in [-0.2, -0.15) is 13.2 Å². The molecule has 0 unspecified atom stereocenters. The van der Waals surface area contributed by atoms with Crippen LogP contribution in [0.15, 0.2) is 49.1 Å². The van der Waals surface area contributed by atoms with Crippen LogP contribution in [0.1, 0.15) is 81.4 Å². The first-order valence-corrected chi connectivity index (χ1v) is 21.5. The topological polar surface area (TPSA) is 217 Å². The molecule has 6 amide bonds. The van der Waals surface area contributed by atoms with E-state index in [2.05, 4.69) is 41.5 Å². The van der Waals surface area contributed by atoms with Crippen LogP contribution in [-0.4, -0.2) is 125 Å². The van der Waals surface area contributed by atoms with Gasteiger partial charge in [-0.25, -0.2) is 9.97 Å². The van der Waals surface area contributed by atoms with Gasteiger partial charge < -0.3 is 41.1 Å². The number of amides is 6. The van der Waals surface area contributed by atoms with E-state index in [9.17, 15) is 41.9 Å². The number of nitrogens with one attached hydrogen (secondary N) is 5. The lowest BCUT2D eigenvalue weighted by atomic mass is 9.85. The summed E-state index contributed by atoms with van der Waals surface area (Å²) >= 11 is 0. The zero-order valence-electron chi connectivity index (χ0n) is 35.3. The monoisotopic (exact) mass is 880 g/mol. The molecule has 1 aromatic carbocycles. The molecule has 340 valence electrons. The third kappa shape index (κ3) is 12.8. The number of fused-ring (bicyclic) bond motifs is 1. The number of carbonyl (C=O) groups excluding carboxylic acids is 6. The molecule has 2 aliphatic heterocycles. The number of aromatic nitrogens is 3. The van der Waals surface area contributed by atoms with E-state index in [4.69, 9.17) is 4.74 Å². The molecule has 2 saturated heterocycles. The first-order chi connectivity index (χ1) is 30.3. The molecule has 20 heteroatoms. The fourth-order valence-electron chi connectivity index (χ4n) is 8.33. The van der Waals surface area contributed by atoms with Gasteiger partial charge >= 0.3 is 6.18 Å². The zero-order valence-corrected chi connectivity index (χ0v) is 35.3. The van der Waals surface area contributed by atoms with Crippen molar-refractivity contribution in [1.29, 1.82) is 0 Å². The van der Waals surface area contributed by atoms with Crippen LogP contribution < -0.4 is 26.6 Å². The number of benzene rings is 1. The van der Waals surface area contributed by atoms with Crippen molar-refractivity contribution in [2.24, 2.45) is 11.8 Å². The van der Waals surface area contributed by atoms with Crippen molar-refractivity contribution >= 4 is 52.2 Å². The fraction of sp³-hybridized carbons (Fsp3) is 0.558. The quantitative estimate of drug-likeness (QED) is 0.104. The molecule has 17 nitrogen and oxygen atoms in total. The van der Waals surface area contributed by atoms with Crippen LogP contribution in [0.25, 0.3) is 10.9 Å². The third-order valence-electron chi connectivity index (χ3n) is 11.8. The molecule has 0 spiro atoms. The predicted molar refractivity (Wildman–Crippen MR) is 223 cm³/mol. The van der Waals surface area contributed by atoms with Crippen molar-refractivity contribution in [3.05, 3.63) is 60.2 Å². The normalized spacial score (nSPS) is 21.4. The highest BCUT2D eigenvalue weighted by Crippen LogP contribution is 2.37. The smallest absolute Gasteiger partial charge is 0.381 e. The summed E-state index contributed by atoms with van der Waals surface area (Å²) in [6.45, 7) is 2.29. The molecular weight excluding hydrogens is 826 g/mol. The fourth-order valence-corrected chi connectivity index (χ4v) is 8.33. The highest BCUT2D eigenvalue weighted by atomic mass is 19.4. The summed E-state index contributed by atoms with van der Waals surface area (Å²) in [7, 11) is 1.68. The maximum absolute atomic E-state index is 13.3. The maximum Gasteiger partial charge on any atom is 0.416 e. The summed E-state index contributed by atoms with van der Waals surface area (Å²) in [5, 5.41) is 14.8. The summed E-state index contributed by atoms with van der Waals surface area (Å²) in [4.78, 5) is 91.5. The third-order valence-corrected chi connectivity index (χ3v) is 11.8. The summed E-state index contributed by atoms with van der Waals surface area (Å²) in [6, 6.07) is 5.71. The van der Waals surface area contributed by atoms with Crippen molar-refractivity contribution in [1.82, 2.24) is 46.0 Å². The lowest BCUT2D eigenvalue weighted by molar-refractivity contribution is -0.137. The molecule has 4 heterocycles. The second-order valence-corrected chi connectivity index (χ2v) is 16.2. The van der Waals surface area contributed by atoms with Gasteiger partial charge in [0.1, 0.15) is 18.2 Å². The maximum atomic E-state index is 13.3. The zero-order chi connectivity index (χ0) is 44.9. The van der Waals surface area contributed by atoms with Crippen molar-refractivity contribution in [3.63, 3.8) is 0 Å². The van der Waals surface area contributed by atoms with Crippen LogP contribution in [0.2, 0.25) is 0 Å². The Bertz CT molecular complexity index is 2090. The van der Waals surface area contributed by atoms with E-state index in [1.807, 2.05) is 6.07 Å². The lowest BCUT2D eigenvalue weighted by Crippen LogP contribution is -2.43. The van der Waals surface area contributed by atoms with Crippen molar-refractivity contribution in [3.8, 4) is 0 Å². The molecule has 1 aliphatic carbocycles. The Labute approximate surface area is 363 Å². The SMILES string of the molecule is CN1C(=O)C[C@H](C(=O)NCCCC(=O)NCCCOCCC(=O)N[C@H]2CC[C@@H](C(=O)NCCN3CC[C@H](Nc4ncnc5ccc(C(F)(F)F)cc45)C3=O)CC2)[C@H]1c1cccnc1. The minimum Gasteiger partial charge on any atom is -0.381 e. The molecule has 3 atom stereocenters. The minimum atomic E-state index is -4.54. The number of alkyl halides is 3. The van der Waals surface area contributed by atoms with E-state index >= 15 is 0 Å². The summed E-state index contributed by atoms with van der Waals surface area (Å²) < 4.78 is 45.5. The van der Waals surface area contributed by atoms with Gasteiger partial charge in [0.15, 0.2) is 0 Å². The first kappa shape index (κ1) is 46.6. The van der Waals surface area contributed by atoms with E-state index in [-0.39, 0.29) is 104 Å². The summed E-state index contributed by atoms with van der Waals surface area (Å²) in [5.41, 5.74) is 0.286. The number of ether oxygens (including phenoxy) is 1. The van der Waals surface area contributed by atoms with Gasteiger partial charge in [0.25, 0.3) is 0 Å². The number of likely N-dealkylation sites (tertiary alicyclic amines) is 2. The number of pyridine rings is 1. The van der Waals surface area contributed by atoms with Gasteiger partial charge in [0.05, 0.1) is 29.6 Å². The van der Waals surface area contributed by atoms with Crippen LogP contribution in [0.5, 0.6) is 0 Å². The Morgan fingerprint density at radius 3 is 2.41 bits per heavy atom. The number of nitrogens with zero attached hydrogens (tertiary/aromatic N) is 5. The first-order valence-electron chi connectivity index (χ1n) is 21.5. The lowest BCUT2D eigenvalue weighted by Gasteiger charge is -2.28. The molecule has 0 bridgehead atoms. The number of anilines is 1. The van der Waals surface area contributed by atoms with Gasteiger partial charge in [0.2, 0.25) is 35.4 Å². The van der Waals surface area contributed by atoms with Crippen LogP contribution in [0.3, 0.4) is 0 Å². The second kappa shape index (κ2) is 21.9. The molecule has 3 aromatic rings. The Kier molecular flexibility index (Phi) is 16.2. The van der Waals surface area contributed by atoms with E-state index in [0.29, 0.717) is 76.7 Å². The largest absolute Gasteiger partial charge is 0.416 e. The van der Waals surface area contributed by atoms with E-state index < -0.39 is 23.7 Å². The van der Waals surface area contributed by atoms with E-state index in [0.717, 1.165) is 17.7 Å². The molecule has 6 rings (SSSR count). The number of hydrogen-bond acceptors (Lipinski definition) is 11. The summed E-state index contributed by atoms with van der Waals surface area (Å²) in [6.07, 6.45) is 4.51. The molecule has 0 radical (unpaired) electrons. The highest BCUT2D eigenvalue weighted by molar-refractivity contribution is 5.93. The van der Waals surface area contributed by atoms with E-state index in [1.54, 1.807) is 35.3 Å². The standard InChI is InChI=1S/C43H55F3N10O7/c1-55-37(59)24-32(38(55)28-5-2-15-47-25-28)41(61)49-16-3-6-35(57)48-17-4-21-63-22-14-36(58)53-30-10-7-27(8-11-30)40(60)50-18-20-56-19-13-34(42(56)62)54-39-31-23-29(43(44,45)46)9-12-33(31)51-26-52-39/h2,5,9,12,15,23,25-27,30,32,34,38H,3-4,6-8,10-11,13-14,16-22,24H2,1H3,(H,48,57)(H,49,61)(H,50,60)(H,53,58)(H,51,52,54)/t27-,30+,32-,34-,38+/m0/s1. The Balaban J connectivity index is 0.765. The van der Waals surface area contributed by atoms with Crippen LogP contribution >= 0.6 is 0 Å². The molecule has 5 N–H and O–H groups in total. The average molecular weight is 881 g/mol. The van der Waals surface area contributed by atoms with Crippen molar-refractivity contribution in [2.45, 2.75) is 88.5 Å². The van der Waals surface area contributed by atoms with Gasteiger partial charge in [0, 0.05) is 95.4 Å². The highest BCUT2D eigenvalue weighted by Gasteiger charge is 2.42. The van der Waals surface area contributed by atoms with Crippen LogP contribution in [0.4, 0.5) is 19.0 Å². The van der Waals surface area contributed by atoms with Crippen molar-refractivity contribution < 1.29 is 46.7 Å². The predicted octanol–water partition coefficient (Wildman–Crippen LogP) is 2.88. The molecular formula is C43H55F3N10O7. The van der Waals surface area contributed by atoms with Gasteiger partial charge in [-0.3, -0.25) is 33.8 Å². The second-order valence-electron chi connectivity index (χ2n) is 16.2. The van der Waals surface area contributed by atoms with Gasteiger partial charge in [-0.15, -0.1) is 0 Å². The molecule has 1 saturated carbocycles. The van der Waals surface area contributed by atoms with Gasteiger partial charge in [-0.05, 0) is 74.8 Å². The molecule has 3 aliphatic rings. The van der Waals surface area contributed by atoms with Gasteiger partial charge in [-0.1, -0.05) is 6.07 Å². The van der Waals surface area contributed by atoms with Crippen molar-refractivity contribution in [2.75, 3.05) is 58.3 Å². The molecule has 3 fully saturated rings. The van der Waals surface area contributed by atoms with Crippen LogP contribution in [0, 0.1) is 11.8 Å². The Hall–Kier alpha value is -5.92. The van der Waals surface area contributed by atoms with E-state index in [1.165, 1.54) is 12.4 Å². The number of halogens is 3. The summed E-state index contributed by atoms with van der Waals surface area (Å²) in [5.74, 6) is -1.53. The average Bonchev–Trinajstić information content (AvgIpc) is 3.77. The number of carbonyl (C=O) groups is 6. The Morgan fingerprint density at radius 1 is 0.873 bits per heavy atom. The number of rotatable bonds is 20. The van der Waals surface area contributed by atoms with Crippen LogP contribution in [-0.2, 0) is 39.7 Å². The minimum absolute atomic E-state index is 0.0406.